The molecule has 3 rings (SSSR count). The third kappa shape index (κ3) is 2.30. The molecular weight excluding hydrogens is 244 g/mol. The van der Waals surface area contributed by atoms with Crippen molar-refractivity contribution in [3.8, 4) is 0 Å². The number of fused-ring (bicyclic) bond motifs is 1. The first kappa shape index (κ1) is 11.8. The lowest BCUT2D eigenvalue weighted by molar-refractivity contribution is 0.726. The van der Waals surface area contributed by atoms with Gasteiger partial charge in [0.25, 0.3) is 0 Å². The van der Waals surface area contributed by atoms with Crippen molar-refractivity contribution in [3.63, 3.8) is 0 Å². The molecule has 2 aromatic rings. The lowest BCUT2D eigenvalue weighted by Crippen LogP contribution is -2.25. The maximum atomic E-state index is 6.15. The molecule has 0 atom stereocenters. The Morgan fingerprint density at radius 2 is 1.72 bits per heavy atom. The SMILES string of the molecule is Clc1cc2ccccc2c(N2CCCCCC2)n1. The molecule has 1 aliphatic heterocycles. The summed E-state index contributed by atoms with van der Waals surface area (Å²) in [4.78, 5) is 6.95. The van der Waals surface area contributed by atoms with E-state index in [4.69, 9.17) is 11.6 Å². The van der Waals surface area contributed by atoms with Crippen molar-refractivity contribution in [1.29, 1.82) is 0 Å². The molecule has 0 spiro atoms. The second-order valence-electron chi connectivity index (χ2n) is 4.89. The lowest BCUT2D eigenvalue weighted by Gasteiger charge is -2.23. The molecule has 0 amide bonds. The Morgan fingerprint density at radius 3 is 2.50 bits per heavy atom. The summed E-state index contributed by atoms with van der Waals surface area (Å²) in [6, 6.07) is 10.3. The molecule has 0 N–H and O–H groups in total. The zero-order valence-corrected chi connectivity index (χ0v) is 11.2. The van der Waals surface area contributed by atoms with E-state index in [0.717, 1.165) is 18.9 Å². The number of benzene rings is 1. The summed E-state index contributed by atoms with van der Waals surface area (Å²) >= 11 is 6.15. The zero-order chi connectivity index (χ0) is 12.4. The van der Waals surface area contributed by atoms with Gasteiger partial charge in [-0.2, -0.15) is 0 Å². The molecule has 0 saturated carbocycles. The van der Waals surface area contributed by atoms with E-state index in [1.807, 2.05) is 12.1 Å². The summed E-state index contributed by atoms with van der Waals surface area (Å²) in [5, 5.41) is 2.98. The molecule has 1 aliphatic rings. The number of anilines is 1. The molecule has 1 fully saturated rings. The fourth-order valence-corrected chi connectivity index (χ4v) is 2.87. The molecule has 0 radical (unpaired) electrons. The Labute approximate surface area is 113 Å². The van der Waals surface area contributed by atoms with Crippen LogP contribution in [0.1, 0.15) is 25.7 Å². The molecule has 1 saturated heterocycles. The molecule has 0 aliphatic carbocycles. The van der Waals surface area contributed by atoms with Crippen molar-refractivity contribution < 1.29 is 0 Å². The Hall–Kier alpha value is -1.28. The van der Waals surface area contributed by atoms with Gasteiger partial charge < -0.3 is 4.90 Å². The Balaban J connectivity index is 2.08. The summed E-state index contributed by atoms with van der Waals surface area (Å²) in [7, 11) is 0. The number of pyridine rings is 1. The van der Waals surface area contributed by atoms with Crippen LogP contribution in [0.3, 0.4) is 0 Å². The lowest BCUT2D eigenvalue weighted by atomic mass is 10.1. The second-order valence-corrected chi connectivity index (χ2v) is 5.28. The van der Waals surface area contributed by atoms with Crippen molar-refractivity contribution >= 4 is 28.2 Å². The quantitative estimate of drug-likeness (QED) is 0.712. The first-order valence-electron chi connectivity index (χ1n) is 6.65. The van der Waals surface area contributed by atoms with Gasteiger partial charge in [0.05, 0.1) is 0 Å². The predicted molar refractivity (Wildman–Crippen MR) is 77.4 cm³/mol. The molecule has 0 unspecified atom stereocenters. The van der Waals surface area contributed by atoms with Gasteiger partial charge in [0.15, 0.2) is 0 Å². The Bertz CT molecular complexity index is 545. The van der Waals surface area contributed by atoms with Crippen LogP contribution in [-0.2, 0) is 0 Å². The van der Waals surface area contributed by atoms with Crippen LogP contribution in [0.25, 0.3) is 10.8 Å². The molecule has 94 valence electrons. The van der Waals surface area contributed by atoms with Crippen molar-refractivity contribution in [1.82, 2.24) is 4.98 Å². The number of aromatic nitrogens is 1. The topological polar surface area (TPSA) is 16.1 Å². The van der Waals surface area contributed by atoms with Crippen LogP contribution in [0.2, 0.25) is 5.15 Å². The largest absolute Gasteiger partial charge is 0.356 e. The minimum Gasteiger partial charge on any atom is -0.356 e. The van der Waals surface area contributed by atoms with Gasteiger partial charge in [0.2, 0.25) is 0 Å². The highest BCUT2D eigenvalue weighted by Crippen LogP contribution is 2.29. The van der Waals surface area contributed by atoms with E-state index in [1.165, 1.54) is 36.5 Å². The highest BCUT2D eigenvalue weighted by molar-refractivity contribution is 6.30. The normalized spacial score (nSPS) is 16.8. The van der Waals surface area contributed by atoms with Crippen LogP contribution in [0.5, 0.6) is 0 Å². The highest BCUT2D eigenvalue weighted by atomic mass is 35.5. The molecular formula is C15H17ClN2. The molecule has 3 heteroatoms. The number of hydrogen-bond acceptors (Lipinski definition) is 2. The van der Waals surface area contributed by atoms with E-state index in [1.54, 1.807) is 0 Å². The standard InChI is InChI=1S/C15H17ClN2/c16-14-11-12-7-3-4-8-13(12)15(17-14)18-9-5-1-2-6-10-18/h3-4,7-8,11H,1-2,5-6,9-10H2. The van der Waals surface area contributed by atoms with E-state index in [2.05, 4.69) is 28.1 Å². The number of rotatable bonds is 1. The molecule has 0 bridgehead atoms. The first-order valence-corrected chi connectivity index (χ1v) is 7.02. The molecule has 1 aromatic heterocycles. The Kier molecular flexibility index (Phi) is 3.37. The predicted octanol–water partition coefficient (Wildman–Crippen LogP) is 4.27. The van der Waals surface area contributed by atoms with Gasteiger partial charge in [-0.25, -0.2) is 4.98 Å². The van der Waals surface area contributed by atoms with Gasteiger partial charge >= 0.3 is 0 Å². The molecule has 1 aromatic carbocycles. The minimum atomic E-state index is 0.591. The molecule has 2 heterocycles. The third-order valence-electron chi connectivity index (χ3n) is 3.59. The highest BCUT2D eigenvalue weighted by Gasteiger charge is 2.14. The Morgan fingerprint density at radius 1 is 1.00 bits per heavy atom. The van der Waals surface area contributed by atoms with E-state index >= 15 is 0 Å². The van der Waals surface area contributed by atoms with Crippen molar-refractivity contribution in [2.75, 3.05) is 18.0 Å². The smallest absolute Gasteiger partial charge is 0.138 e. The fourth-order valence-electron chi connectivity index (χ4n) is 2.67. The van der Waals surface area contributed by atoms with E-state index < -0.39 is 0 Å². The summed E-state index contributed by atoms with van der Waals surface area (Å²) < 4.78 is 0. The fraction of sp³-hybridized carbons (Fsp3) is 0.400. The zero-order valence-electron chi connectivity index (χ0n) is 10.4. The van der Waals surface area contributed by atoms with Gasteiger partial charge in [0.1, 0.15) is 11.0 Å². The van der Waals surface area contributed by atoms with Crippen molar-refractivity contribution in [2.45, 2.75) is 25.7 Å². The summed E-state index contributed by atoms with van der Waals surface area (Å²) in [5.41, 5.74) is 0. The van der Waals surface area contributed by atoms with Crippen LogP contribution in [0.15, 0.2) is 30.3 Å². The van der Waals surface area contributed by atoms with Gasteiger partial charge in [-0.15, -0.1) is 0 Å². The van der Waals surface area contributed by atoms with Gasteiger partial charge in [-0.3, -0.25) is 0 Å². The van der Waals surface area contributed by atoms with Crippen molar-refractivity contribution in [2.24, 2.45) is 0 Å². The average molecular weight is 261 g/mol. The number of nitrogens with zero attached hydrogens (tertiary/aromatic N) is 2. The van der Waals surface area contributed by atoms with Crippen LogP contribution in [-0.4, -0.2) is 18.1 Å². The number of hydrogen-bond donors (Lipinski definition) is 0. The van der Waals surface area contributed by atoms with Gasteiger partial charge in [-0.1, -0.05) is 48.7 Å². The van der Waals surface area contributed by atoms with Crippen LogP contribution >= 0.6 is 11.6 Å². The molecule has 2 nitrogen and oxygen atoms in total. The summed E-state index contributed by atoms with van der Waals surface area (Å²) in [6.45, 7) is 2.19. The van der Waals surface area contributed by atoms with Gasteiger partial charge in [-0.05, 0) is 24.3 Å². The van der Waals surface area contributed by atoms with E-state index in [0.29, 0.717) is 5.15 Å². The second kappa shape index (κ2) is 5.15. The van der Waals surface area contributed by atoms with Crippen LogP contribution in [0.4, 0.5) is 5.82 Å². The van der Waals surface area contributed by atoms with E-state index in [-0.39, 0.29) is 0 Å². The minimum absolute atomic E-state index is 0.591. The summed E-state index contributed by atoms with van der Waals surface area (Å²) in [5.74, 6) is 1.06. The van der Waals surface area contributed by atoms with Crippen LogP contribution in [0, 0.1) is 0 Å². The summed E-state index contributed by atoms with van der Waals surface area (Å²) in [6.07, 6.45) is 5.16. The average Bonchev–Trinajstić information content (AvgIpc) is 2.66. The first-order chi connectivity index (χ1) is 8.84. The maximum absolute atomic E-state index is 6.15. The van der Waals surface area contributed by atoms with Crippen LogP contribution < -0.4 is 4.90 Å². The maximum Gasteiger partial charge on any atom is 0.138 e. The molecule has 18 heavy (non-hydrogen) atoms. The third-order valence-corrected chi connectivity index (χ3v) is 3.79. The number of halogens is 1. The van der Waals surface area contributed by atoms with Gasteiger partial charge in [0, 0.05) is 18.5 Å². The van der Waals surface area contributed by atoms with Crippen molar-refractivity contribution in [3.05, 3.63) is 35.5 Å². The van der Waals surface area contributed by atoms with E-state index in [9.17, 15) is 0 Å². The monoisotopic (exact) mass is 260 g/mol.